The summed E-state index contributed by atoms with van der Waals surface area (Å²) in [5.41, 5.74) is -2.49. The number of amides is 1. The van der Waals surface area contributed by atoms with E-state index in [0.717, 1.165) is 51.0 Å². The molecule has 0 aliphatic carbocycles. The molecule has 0 aromatic heterocycles. The Labute approximate surface area is 271 Å². The van der Waals surface area contributed by atoms with Gasteiger partial charge in [0.25, 0.3) is 0 Å². The highest BCUT2D eigenvalue weighted by atomic mass is 16.5. The van der Waals surface area contributed by atoms with Gasteiger partial charge in [0, 0.05) is 19.3 Å². The summed E-state index contributed by atoms with van der Waals surface area (Å²) in [5.74, 6) is -1.77. The van der Waals surface area contributed by atoms with E-state index >= 15 is 0 Å². The molecule has 0 saturated heterocycles. The molecule has 46 heavy (non-hydrogen) atoms. The average Bonchev–Trinajstić information content (AvgIpc) is 3.00. The van der Waals surface area contributed by atoms with Crippen molar-refractivity contribution in [3.63, 3.8) is 0 Å². The smallest absolute Gasteiger partial charge is 0.337 e. The molecule has 0 fully saturated rings. The summed E-state index contributed by atoms with van der Waals surface area (Å²) < 4.78 is 5.44. The van der Waals surface area contributed by atoms with Crippen molar-refractivity contribution in [2.45, 2.75) is 115 Å². The van der Waals surface area contributed by atoms with Gasteiger partial charge in [0.2, 0.25) is 5.91 Å². The summed E-state index contributed by atoms with van der Waals surface area (Å²) in [6.07, 6.45) is 11.2. The largest absolute Gasteiger partial charge is 0.481 e. The first-order valence-electron chi connectivity index (χ1n) is 15.9. The molecule has 0 spiro atoms. The van der Waals surface area contributed by atoms with Gasteiger partial charge < -0.3 is 30.5 Å². The Bertz CT molecular complexity index is 1210. The second-order valence-corrected chi connectivity index (χ2v) is 11.3. The summed E-state index contributed by atoms with van der Waals surface area (Å²) >= 11 is 0. The maximum atomic E-state index is 13.3. The Morgan fingerprint density at radius 3 is 2.07 bits per heavy atom. The zero-order valence-corrected chi connectivity index (χ0v) is 27.0. The maximum Gasteiger partial charge on any atom is 0.337 e. The number of nitrogens with one attached hydrogen (secondary N) is 1. The quantitative estimate of drug-likeness (QED) is 0.0555. The minimum atomic E-state index is -3.02. The third kappa shape index (κ3) is 15.7. The number of carboxylic acid groups (broad SMARTS) is 3. The van der Waals surface area contributed by atoms with Crippen LogP contribution in [0.25, 0.3) is 0 Å². The van der Waals surface area contributed by atoms with E-state index in [9.17, 15) is 44.4 Å². The van der Waals surface area contributed by atoms with E-state index in [1.165, 1.54) is 12.5 Å². The summed E-state index contributed by atoms with van der Waals surface area (Å²) in [6.45, 7) is 4.01. The van der Waals surface area contributed by atoms with Crippen LogP contribution in [-0.2, 0) is 30.4 Å². The lowest BCUT2D eigenvalue weighted by atomic mass is 9.82. The lowest BCUT2D eigenvalue weighted by molar-refractivity contribution is -0.172. The van der Waals surface area contributed by atoms with Gasteiger partial charge in [-0.05, 0) is 50.3 Å². The van der Waals surface area contributed by atoms with E-state index in [1.54, 1.807) is 31.2 Å². The topological polar surface area (TPSA) is 188 Å². The van der Waals surface area contributed by atoms with Crippen molar-refractivity contribution in [3.05, 3.63) is 42.0 Å². The van der Waals surface area contributed by atoms with Crippen LogP contribution < -0.4 is 10.1 Å². The second kappa shape index (κ2) is 22.4. The molecule has 0 radical (unpaired) electrons. The molecule has 1 aromatic rings. The van der Waals surface area contributed by atoms with Crippen LogP contribution in [0.1, 0.15) is 103 Å². The SMILES string of the molecule is CC#CCOc1ccc(C[C@H](NC(=O)[C@@H](/C=C/CCCCCCC(=O)CCCCCCC)C(O)(CC(=O)O)C(=O)O)C(=O)O)cc1. The Hall–Kier alpha value is -4.17. The van der Waals surface area contributed by atoms with Gasteiger partial charge in [-0.1, -0.05) is 75.7 Å². The van der Waals surface area contributed by atoms with Gasteiger partial charge in [-0.2, -0.15) is 0 Å². The number of carbonyl (C=O) groups excluding carboxylic acids is 2. The minimum absolute atomic E-state index is 0.168. The number of ether oxygens (including phenoxy) is 1. The molecule has 1 unspecified atom stereocenters. The van der Waals surface area contributed by atoms with E-state index in [0.29, 0.717) is 37.0 Å². The van der Waals surface area contributed by atoms with E-state index in [4.69, 9.17) is 4.74 Å². The van der Waals surface area contributed by atoms with Crippen molar-refractivity contribution >= 4 is 29.6 Å². The fourth-order valence-electron chi connectivity index (χ4n) is 4.84. The second-order valence-electron chi connectivity index (χ2n) is 11.3. The van der Waals surface area contributed by atoms with Crippen molar-refractivity contribution in [3.8, 4) is 17.6 Å². The molecule has 0 heterocycles. The highest BCUT2D eigenvalue weighted by Gasteiger charge is 2.49. The van der Waals surface area contributed by atoms with Crippen molar-refractivity contribution < 1.29 is 49.1 Å². The zero-order valence-electron chi connectivity index (χ0n) is 27.0. The summed E-state index contributed by atoms with van der Waals surface area (Å²) in [6, 6.07) is 4.95. The molecule has 5 N–H and O–H groups in total. The molecule has 0 aliphatic heterocycles. The van der Waals surface area contributed by atoms with Crippen molar-refractivity contribution in [1.29, 1.82) is 0 Å². The normalized spacial score (nSPS) is 13.5. The molecule has 0 aliphatic rings. The van der Waals surface area contributed by atoms with Crippen LogP contribution >= 0.6 is 0 Å². The molecule has 0 bridgehead atoms. The molecule has 0 saturated carbocycles. The summed E-state index contributed by atoms with van der Waals surface area (Å²) in [4.78, 5) is 60.8. The van der Waals surface area contributed by atoms with Crippen molar-refractivity contribution in [2.75, 3.05) is 6.61 Å². The van der Waals surface area contributed by atoms with E-state index in [1.807, 2.05) is 0 Å². The first-order chi connectivity index (χ1) is 21.9. The lowest BCUT2D eigenvalue weighted by Gasteiger charge is -2.29. The van der Waals surface area contributed by atoms with Gasteiger partial charge >= 0.3 is 17.9 Å². The number of Topliss-reactive ketones (excluding diaryl/α,β-unsaturated/α-hetero) is 1. The number of carboxylic acids is 3. The number of unbranched alkanes of at least 4 members (excludes halogenated alkanes) is 8. The number of carbonyl (C=O) groups is 5. The van der Waals surface area contributed by atoms with Crippen LogP contribution in [0.2, 0.25) is 0 Å². The Morgan fingerprint density at radius 1 is 0.913 bits per heavy atom. The van der Waals surface area contributed by atoms with E-state index in [2.05, 4.69) is 24.1 Å². The van der Waals surface area contributed by atoms with E-state index in [-0.39, 0.29) is 18.8 Å². The minimum Gasteiger partial charge on any atom is -0.481 e. The number of hydrogen-bond donors (Lipinski definition) is 5. The number of aliphatic carboxylic acids is 3. The first-order valence-corrected chi connectivity index (χ1v) is 15.9. The van der Waals surface area contributed by atoms with Crippen molar-refractivity contribution in [2.24, 2.45) is 5.92 Å². The highest BCUT2D eigenvalue weighted by molar-refractivity contribution is 5.94. The number of aliphatic hydroxyl groups is 1. The van der Waals surface area contributed by atoms with Crippen LogP contribution in [-0.4, -0.2) is 68.3 Å². The number of rotatable bonds is 25. The molecule has 3 atom stereocenters. The third-order valence-electron chi connectivity index (χ3n) is 7.52. The maximum absolute atomic E-state index is 13.3. The fourth-order valence-corrected chi connectivity index (χ4v) is 4.84. The lowest BCUT2D eigenvalue weighted by Crippen LogP contribution is -2.55. The molecule has 11 nitrogen and oxygen atoms in total. The van der Waals surface area contributed by atoms with Crippen LogP contribution in [0.3, 0.4) is 0 Å². The number of allylic oxidation sites excluding steroid dienone is 1. The monoisotopic (exact) mass is 643 g/mol. The first kappa shape index (κ1) is 39.9. The molecule has 1 amide bonds. The van der Waals surface area contributed by atoms with E-state index < -0.39 is 47.8 Å². The molecular weight excluding hydrogens is 594 g/mol. The highest BCUT2D eigenvalue weighted by Crippen LogP contribution is 2.26. The third-order valence-corrected chi connectivity index (χ3v) is 7.52. The van der Waals surface area contributed by atoms with Crippen LogP contribution in [0, 0.1) is 17.8 Å². The van der Waals surface area contributed by atoms with Gasteiger partial charge in [0.15, 0.2) is 5.60 Å². The van der Waals surface area contributed by atoms with Crippen molar-refractivity contribution in [1.82, 2.24) is 5.32 Å². The Balaban J connectivity index is 2.83. The van der Waals surface area contributed by atoms with Crippen LogP contribution in [0.5, 0.6) is 5.75 Å². The predicted octanol–water partition coefficient (Wildman–Crippen LogP) is 4.93. The predicted molar refractivity (Wildman–Crippen MR) is 172 cm³/mol. The standard InChI is InChI=1S/C35H49NO10/c1-3-5-7-10-13-16-27(37)17-14-11-8-9-12-15-18-29(35(45,34(43)44)25-31(38)39)32(40)36-30(33(41)42)24-26-19-21-28(22-20-26)46-23-6-4-2/h15,18-22,29-30,45H,3,5,7-14,16-17,23-25H2,1-2H3,(H,36,40)(H,38,39)(H,41,42)(H,43,44)/b18-15+/t29-,30+,35?/m1/s1. The van der Waals surface area contributed by atoms with Gasteiger partial charge in [-0.25, -0.2) is 9.59 Å². The summed E-state index contributed by atoms with van der Waals surface area (Å²) in [5, 5.41) is 41.9. The fraction of sp³-hybridized carbons (Fsp3) is 0.571. The Morgan fingerprint density at radius 2 is 1.52 bits per heavy atom. The van der Waals surface area contributed by atoms with Crippen LogP contribution in [0.4, 0.5) is 0 Å². The number of ketones is 1. The average molecular weight is 644 g/mol. The molecule has 254 valence electrons. The van der Waals surface area contributed by atoms with Gasteiger partial charge in [-0.3, -0.25) is 14.4 Å². The zero-order chi connectivity index (χ0) is 34.4. The van der Waals surface area contributed by atoms with Gasteiger partial charge in [0.05, 0.1) is 12.3 Å². The Kier molecular flexibility index (Phi) is 19.4. The molecule has 1 aromatic carbocycles. The number of benzene rings is 1. The molecular formula is C35H49NO10. The molecule has 1 rings (SSSR count). The van der Waals surface area contributed by atoms with Crippen LogP contribution in [0.15, 0.2) is 36.4 Å². The number of hydrogen-bond acceptors (Lipinski definition) is 7. The molecule has 11 heteroatoms. The van der Waals surface area contributed by atoms with Gasteiger partial charge in [-0.15, -0.1) is 5.92 Å². The van der Waals surface area contributed by atoms with Gasteiger partial charge in [0.1, 0.15) is 24.2 Å². The summed E-state index contributed by atoms with van der Waals surface area (Å²) in [7, 11) is 0.